The summed E-state index contributed by atoms with van der Waals surface area (Å²) in [6.45, 7) is 4.60. The Balaban J connectivity index is 1.24. The highest BCUT2D eigenvalue weighted by Gasteiger charge is 2.55. The second-order valence-corrected chi connectivity index (χ2v) is 11.0. The van der Waals surface area contributed by atoms with E-state index in [9.17, 15) is 14.4 Å². The van der Waals surface area contributed by atoms with E-state index in [0.29, 0.717) is 29.9 Å². The molecule has 6 heteroatoms. The van der Waals surface area contributed by atoms with E-state index in [4.69, 9.17) is 4.74 Å². The summed E-state index contributed by atoms with van der Waals surface area (Å²) in [6, 6.07) is 6.39. The average molecular weight is 439 g/mol. The van der Waals surface area contributed by atoms with Gasteiger partial charge in [0.15, 0.2) is 0 Å². The van der Waals surface area contributed by atoms with Crippen molar-refractivity contribution in [3.05, 3.63) is 24.3 Å². The Morgan fingerprint density at radius 2 is 1.62 bits per heavy atom. The zero-order valence-electron chi connectivity index (χ0n) is 19.1. The van der Waals surface area contributed by atoms with Gasteiger partial charge in [0.1, 0.15) is 11.8 Å². The van der Waals surface area contributed by atoms with Gasteiger partial charge in [-0.2, -0.15) is 0 Å². The van der Waals surface area contributed by atoms with Crippen molar-refractivity contribution in [2.45, 2.75) is 71.3 Å². The molecule has 5 aliphatic rings. The van der Waals surface area contributed by atoms with Crippen molar-refractivity contribution in [3.8, 4) is 5.75 Å². The molecule has 32 heavy (non-hydrogen) atoms. The number of nitrogens with one attached hydrogen (secondary N) is 1. The monoisotopic (exact) mass is 438 g/mol. The number of carbonyl (C=O) groups is 3. The average Bonchev–Trinajstić information content (AvgIpc) is 3.17. The van der Waals surface area contributed by atoms with Gasteiger partial charge in [-0.15, -0.1) is 0 Å². The van der Waals surface area contributed by atoms with E-state index >= 15 is 0 Å². The van der Waals surface area contributed by atoms with Crippen molar-refractivity contribution in [2.75, 3.05) is 11.4 Å². The van der Waals surface area contributed by atoms with Crippen LogP contribution in [0.5, 0.6) is 5.75 Å². The predicted octanol–water partition coefficient (Wildman–Crippen LogP) is 4.08. The van der Waals surface area contributed by atoms with Crippen molar-refractivity contribution in [3.63, 3.8) is 0 Å². The van der Waals surface area contributed by atoms with Crippen LogP contribution in [-0.4, -0.2) is 30.4 Å². The molecule has 1 aromatic rings. The molecule has 5 fully saturated rings. The maximum Gasteiger partial charge on any atom is 0.334 e. The van der Waals surface area contributed by atoms with Gasteiger partial charge in [-0.25, -0.2) is 4.79 Å². The van der Waals surface area contributed by atoms with E-state index in [1.165, 1.54) is 19.3 Å². The lowest BCUT2D eigenvalue weighted by Gasteiger charge is -2.55. The second-order valence-electron chi connectivity index (χ2n) is 11.0. The summed E-state index contributed by atoms with van der Waals surface area (Å²) in [7, 11) is 0. The Labute approximate surface area is 190 Å². The van der Waals surface area contributed by atoms with E-state index in [-0.39, 0.29) is 23.1 Å². The molecule has 2 amide bonds. The summed E-state index contributed by atoms with van der Waals surface area (Å²) in [5.41, 5.74) is 0.536. The number of nitrogens with zero attached hydrogens (tertiary/aromatic N) is 1. The molecule has 1 unspecified atom stereocenters. The van der Waals surface area contributed by atoms with Crippen LogP contribution >= 0.6 is 0 Å². The lowest BCUT2D eigenvalue weighted by atomic mass is 9.49. The molecule has 0 radical (unpaired) electrons. The van der Waals surface area contributed by atoms with E-state index < -0.39 is 12.0 Å². The maximum absolute atomic E-state index is 13.4. The molecule has 0 aromatic heterocycles. The summed E-state index contributed by atoms with van der Waals surface area (Å²) in [5.74, 6) is 2.15. The molecule has 6 rings (SSSR count). The number of anilines is 1. The first kappa shape index (κ1) is 21.5. The van der Waals surface area contributed by atoms with Crippen LogP contribution in [0.25, 0.3) is 0 Å². The summed E-state index contributed by atoms with van der Waals surface area (Å²) < 4.78 is 5.65. The predicted molar refractivity (Wildman–Crippen MR) is 121 cm³/mol. The first-order chi connectivity index (χ1) is 15.3. The summed E-state index contributed by atoms with van der Waals surface area (Å²) in [4.78, 5) is 40.1. The van der Waals surface area contributed by atoms with Crippen LogP contribution in [0.3, 0.4) is 0 Å². The molecular weight excluding hydrogens is 404 g/mol. The number of carbonyl (C=O) groups excluding carboxylic acids is 3. The Bertz CT molecular complexity index is 872. The highest BCUT2D eigenvalue weighted by atomic mass is 16.5. The van der Waals surface area contributed by atoms with Gasteiger partial charge >= 0.3 is 5.97 Å². The van der Waals surface area contributed by atoms with Gasteiger partial charge in [0.25, 0.3) is 0 Å². The minimum Gasteiger partial charge on any atom is -0.425 e. The van der Waals surface area contributed by atoms with Crippen molar-refractivity contribution < 1.29 is 19.1 Å². The van der Waals surface area contributed by atoms with Crippen molar-refractivity contribution in [2.24, 2.45) is 29.1 Å². The molecule has 4 bridgehead atoms. The molecule has 0 spiro atoms. The summed E-state index contributed by atoms with van der Waals surface area (Å²) >= 11 is 0. The summed E-state index contributed by atoms with van der Waals surface area (Å²) in [6.07, 6.45) is 8.21. The molecule has 4 aliphatic carbocycles. The fourth-order valence-corrected chi connectivity index (χ4v) is 6.98. The summed E-state index contributed by atoms with van der Waals surface area (Å²) in [5, 5.41) is 3.09. The van der Waals surface area contributed by atoms with Crippen molar-refractivity contribution >= 4 is 23.5 Å². The van der Waals surface area contributed by atoms with Gasteiger partial charge in [0.05, 0.1) is 0 Å². The van der Waals surface area contributed by atoms with Crippen LogP contribution in [0.15, 0.2) is 24.3 Å². The fraction of sp³-hybridized carbons (Fsp3) is 0.654. The van der Waals surface area contributed by atoms with Crippen LogP contribution in [0.4, 0.5) is 5.69 Å². The highest BCUT2D eigenvalue weighted by molar-refractivity contribution is 5.95. The molecule has 1 atom stereocenters. The first-order valence-electron chi connectivity index (χ1n) is 12.3. The fourth-order valence-electron chi connectivity index (χ4n) is 6.98. The van der Waals surface area contributed by atoms with Crippen molar-refractivity contribution in [1.29, 1.82) is 0 Å². The second kappa shape index (κ2) is 8.20. The lowest BCUT2D eigenvalue weighted by molar-refractivity contribution is -0.151. The quantitative estimate of drug-likeness (QED) is 0.536. The number of amides is 2. The van der Waals surface area contributed by atoms with Gasteiger partial charge in [0.2, 0.25) is 11.8 Å². The Kier molecular flexibility index (Phi) is 5.50. The third kappa shape index (κ3) is 3.93. The van der Waals surface area contributed by atoms with Crippen LogP contribution in [0.2, 0.25) is 0 Å². The van der Waals surface area contributed by atoms with E-state index in [0.717, 1.165) is 37.9 Å². The Morgan fingerprint density at radius 3 is 2.12 bits per heavy atom. The minimum atomic E-state index is -0.671. The number of ether oxygens (including phenoxy) is 1. The van der Waals surface area contributed by atoms with E-state index in [1.807, 2.05) is 26.0 Å². The van der Waals surface area contributed by atoms with E-state index in [2.05, 4.69) is 5.32 Å². The third-order valence-electron chi connectivity index (χ3n) is 8.17. The van der Waals surface area contributed by atoms with Crippen molar-refractivity contribution in [1.82, 2.24) is 5.32 Å². The molecule has 1 heterocycles. The van der Waals surface area contributed by atoms with Crippen LogP contribution in [-0.2, 0) is 14.4 Å². The molecule has 4 saturated carbocycles. The van der Waals surface area contributed by atoms with E-state index in [1.54, 1.807) is 17.0 Å². The molecule has 6 nitrogen and oxygen atoms in total. The Hall–Kier alpha value is -2.37. The smallest absolute Gasteiger partial charge is 0.334 e. The van der Waals surface area contributed by atoms with Crippen LogP contribution in [0, 0.1) is 29.1 Å². The molecule has 1 aliphatic heterocycles. The number of rotatable bonds is 6. The maximum atomic E-state index is 13.4. The van der Waals surface area contributed by atoms with Gasteiger partial charge in [0, 0.05) is 24.1 Å². The highest BCUT2D eigenvalue weighted by Crippen LogP contribution is 2.60. The van der Waals surface area contributed by atoms with Gasteiger partial charge < -0.3 is 15.0 Å². The SMILES string of the molecule is CC(C)C(NC(=O)C12CC3CC(CC(C3)C1)C2)C(=O)Oc1ccc(N2CCCC2=O)cc1. The van der Waals surface area contributed by atoms with Crippen LogP contribution < -0.4 is 15.0 Å². The lowest BCUT2D eigenvalue weighted by Crippen LogP contribution is -2.57. The normalized spacial score (nSPS) is 31.8. The standard InChI is InChI=1S/C26H34N2O4/c1-16(2)23(27-25(31)26-13-17-10-18(14-26)12-19(11-17)15-26)24(30)32-21-7-5-20(6-8-21)28-9-3-4-22(28)29/h5-8,16-19,23H,3-4,9-15H2,1-2H3,(H,27,31). The molecule has 1 aromatic carbocycles. The van der Waals surface area contributed by atoms with Gasteiger partial charge in [-0.1, -0.05) is 13.8 Å². The number of esters is 1. The van der Waals surface area contributed by atoms with Crippen LogP contribution in [0.1, 0.15) is 65.2 Å². The Morgan fingerprint density at radius 1 is 1.03 bits per heavy atom. The third-order valence-corrected chi connectivity index (χ3v) is 8.17. The topological polar surface area (TPSA) is 75.7 Å². The van der Waals surface area contributed by atoms with Gasteiger partial charge in [-0.3, -0.25) is 9.59 Å². The number of hydrogen-bond acceptors (Lipinski definition) is 4. The minimum absolute atomic E-state index is 0.0511. The zero-order valence-corrected chi connectivity index (χ0v) is 19.1. The zero-order chi connectivity index (χ0) is 22.5. The molecular formula is C26H34N2O4. The number of hydrogen-bond donors (Lipinski definition) is 1. The largest absolute Gasteiger partial charge is 0.425 e. The molecule has 1 saturated heterocycles. The first-order valence-corrected chi connectivity index (χ1v) is 12.3. The van der Waals surface area contributed by atoms with Gasteiger partial charge in [-0.05, 0) is 92.9 Å². The molecule has 1 N–H and O–H groups in total. The molecule has 172 valence electrons. The number of benzene rings is 1.